The first-order valence-corrected chi connectivity index (χ1v) is 7.24. The fraction of sp³-hybridized carbons (Fsp3) is 0.250. The van der Waals surface area contributed by atoms with Gasteiger partial charge in [0.2, 0.25) is 0 Å². The predicted octanol–water partition coefficient (Wildman–Crippen LogP) is 3.37. The number of nitrogens with zero attached hydrogens (tertiary/aromatic N) is 2. The number of esters is 1. The van der Waals surface area contributed by atoms with Crippen molar-refractivity contribution in [2.75, 3.05) is 7.11 Å². The molecule has 1 aliphatic rings. The van der Waals surface area contributed by atoms with Gasteiger partial charge in [-0.25, -0.2) is 9.48 Å². The van der Waals surface area contributed by atoms with E-state index in [1.807, 2.05) is 30.3 Å². The number of methoxy groups -OCH3 is 1. The Labute approximate surface area is 133 Å². The average molecular weight is 319 g/mol. The maximum atomic E-state index is 11.9. The first kappa shape index (κ1) is 14.8. The molecule has 0 spiro atoms. The monoisotopic (exact) mass is 318 g/mol. The molecule has 1 aromatic heterocycles. The van der Waals surface area contributed by atoms with Crippen molar-refractivity contribution in [2.24, 2.45) is 0 Å². The Morgan fingerprint density at radius 3 is 2.91 bits per heavy atom. The molecule has 0 radical (unpaired) electrons. The first-order valence-electron chi connectivity index (χ1n) is 6.86. The molecule has 0 amide bonds. The van der Waals surface area contributed by atoms with Gasteiger partial charge in [-0.3, -0.25) is 0 Å². The van der Waals surface area contributed by atoms with Crippen molar-refractivity contribution in [3.63, 3.8) is 0 Å². The smallest absolute Gasteiger partial charge is 0.341 e. The Morgan fingerprint density at radius 1 is 1.41 bits per heavy atom. The lowest BCUT2D eigenvalue weighted by Crippen LogP contribution is -2.17. The standard InChI is InChI=1S/C16H15ClN2O3/c1-21-16(20)13-8-18-19-9-12(17)7-14(15(13)19)22-10-11-5-3-2-4-6-11/h2-6,8-9,14H,7,10H2,1H3. The molecule has 1 atom stereocenters. The van der Waals surface area contributed by atoms with E-state index in [-0.39, 0.29) is 6.10 Å². The van der Waals surface area contributed by atoms with Gasteiger partial charge < -0.3 is 9.47 Å². The summed E-state index contributed by atoms with van der Waals surface area (Å²) in [6.07, 6.45) is 3.33. The topological polar surface area (TPSA) is 53.3 Å². The summed E-state index contributed by atoms with van der Waals surface area (Å²) in [5.41, 5.74) is 2.13. The Bertz CT molecular complexity index is 709. The third kappa shape index (κ3) is 2.91. The third-order valence-electron chi connectivity index (χ3n) is 3.48. The summed E-state index contributed by atoms with van der Waals surface area (Å²) in [4.78, 5) is 11.9. The minimum atomic E-state index is -0.430. The molecule has 6 heteroatoms. The molecule has 0 fully saturated rings. The molecule has 0 saturated heterocycles. The Hall–Kier alpha value is -2.11. The van der Waals surface area contributed by atoms with Crippen molar-refractivity contribution in [1.29, 1.82) is 0 Å². The summed E-state index contributed by atoms with van der Waals surface area (Å²) in [7, 11) is 1.35. The quantitative estimate of drug-likeness (QED) is 0.811. The second-order valence-corrected chi connectivity index (χ2v) is 5.43. The number of rotatable bonds is 4. The van der Waals surface area contributed by atoms with Crippen LogP contribution in [0.5, 0.6) is 0 Å². The van der Waals surface area contributed by atoms with Gasteiger partial charge in [-0.1, -0.05) is 41.9 Å². The number of hydrogen-bond donors (Lipinski definition) is 0. The second kappa shape index (κ2) is 6.34. The number of halogens is 1. The van der Waals surface area contributed by atoms with Crippen molar-refractivity contribution in [3.8, 4) is 0 Å². The van der Waals surface area contributed by atoms with Gasteiger partial charge in [0.1, 0.15) is 11.7 Å². The molecule has 22 heavy (non-hydrogen) atoms. The van der Waals surface area contributed by atoms with Gasteiger partial charge in [0, 0.05) is 17.7 Å². The van der Waals surface area contributed by atoms with Crippen molar-refractivity contribution in [1.82, 2.24) is 9.78 Å². The second-order valence-electron chi connectivity index (χ2n) is 4.94. The van der Waals surface area contributed by atoms with Crippen LogP contribution < -0.4 is 0 Å². The van der Waals surface area contributed by atoms with Crippen LogP contribution in [0.2, 0.25) is 0 Å². The Balaban J connectivity index is 1.86. The summed E-state index contributed by atoms with van der Waals surface area (Å²) in [6, 6.07) is 9.83. The number of aromatic nitrogens is 2. The van der Waals surface area contributed by atoms with E-state index in [2.05, 4.69) is 5.10 Å². The molecule has 3 rings (SSSR count). The van der Waals surface area contributed by atoms with Crippen LogP contribution in [0.4, 0.5) is 0 Å². The highest BCUT2D eigenvalue weighted by molar-refractivity contribution is 6.31. The van der Waals surface area contributed by atoms with Crippen molar-refractivity contribution >= 4 is 23.8 Å². The average Bonchev–Trinajstić information content (AvgIpc) is 2.96. The number of benzene rings is 1. The van der Waals surface area contributed by atoms with E-state index < -0.39 is 5.97 Å². The predicted molar refractivity (Wildman–Crippen MR) is 82.3 cm³/mol. The van der Waals surface area contributed by atoms with Crippen LogP contribution in [0, 0.1) is 0 Å². The van der Waals surface area contributed by atoms with Crippen molar-refractivity contribution in [3.05, 3.63) is 58.4 Å². The molecule has 1 unspecified atom stereocenters. The highest BCUT2D eigenvalue weighted by Gasteiger charge is 2.29. The lowest BCUT2D eigenvalue weighted by atomic mass is 10.1. The summed E-state index contributed by atoms with van der Waals surface area (Å²) >= 11 is 6.15. The molecule has 2 heterocycles. The van der Waals surface area contributed by atoms with Crippen LogP contribution in [0.1, 0.15) is 34.1 Å². The number of hydrogen-bond acceptors (Lipinski definition) is 4. The number of carbonyl (C=O) groups is 1. The van der Waals surface area contributed by atoms with Crippen molar-refractivity contribution < 1.29 is 14.3 Å². The fourth-order valence-electron chi connectivity index (χ4n) is 2.43. The molecular formula is C16H15ClN2O3. The number of carbonyl (C=O) groups excluding carboxylic acids is 1. The largest absolute Gasteiger partial charge is 0.465 e. The van der Waals surface area contributed by atoms with Gasteiger partial charge in [-0.15, -0.1) is 0 Å². The molecule has 1 aromatic carbocycles. The first-order chi connectivity index (χ1) is 10.7. The van der Waals surface area contributed by atoms with Gasteiger partial charge in [-0.2, -0.15) is 5.10 Å². The fourth-order valence-corrected chi connectivity index (χ4v) is 2.66. The Kier molecular flexibility index (Phi) is 4.27. The maximum absolute atomic E-state index is 11.9. The van der Waals surface area contributed by atoms with Crippen molar-refractivity contribution in [2.45, 2.75) is 19.1 Å². The van der Waals surface area contributed by atoms with Crippen LogP contribution >= 0.6 is 11.6 Å². The van der Waals surface area contributed by atoms with E-state index in [0.29, 0.717) is 29.3 Å². The van der Waals surface area contributed by atoms with E-state index in [9.17, 15) is 4.79 Å². The zero-order valence-corrected chi connectivity index (χ0v) is 12.8. The molecular weight excluding hydrogens is 304 g/mol. The van der Waals surface area contributed by atoms with Gasteiger partial charge in [-0.05, 0) is 5.56 Å². The number of ether oxygens (including phenoxy) is 2. The normalized spacial score (nSPS) is 16.8. The molecule has 0 aliphatic carbocycles. The van der Waals surface area contributed by atoms with Crippen LogP contribution in [-0.2, 0) is 16.1 Å². The maximum Gasteiger partial charge on any atom is 0.341 e. The van der Waals surface area contributed by atoms with E-state index in [1.54, 1.807) is 10.9 Å². The van der Waals surface area contributed by atoms with E-state index in [4.69, 9.17) is 21.1 Å². The summed E-state index contributed by atoms with van der Waals surface area (Å²) in [5.74, 6) is -0.430. The Morgan fingerprint density at radius 2 is 2.18 bits per heavy atom. The van der Waals surface area contributed by atoms with Gasteiger partial charge in [0.15, 0.2) is 0 Å². The van der Waals surface area contributed by atoms with Gasteiger partial charge >= 0.3 is 5.97 Å². The number of fused-ring (bicyclic) bond motifs is 1. The molecule has 0 saturated carbocycles. The summed E-state index contributed by atoms with van der Waals surface area (Å²) in [5, 5.41) is 4.79. The summed E-state index contributed by atoms with van der Waals surface area (Å²) < 4.78 is 12.3. The van der Waals surface area contributed by atoms with Crippen LogP contribution in [0.15, 0.2) is 41.6 Å². The minimum absolute atomic E-state index is 0.339. The molecule has 0 bridgehead atoms. The lowest BCUT2D eigenvalue weighted by Gasteiger charge is -2.23. The third-order valence-corrected chi connectivity index (χ3v) is 3.73. The van der Waals surface area contributed by atoms with Gasteiger partial charge in [0.25, 0.3) is 0 Å². The zero-order valence-electron chi connectivity index (χ0n) is 12.0. The van der Waals surface area contributed by atoms with E-state index >= 15 is 0 Å². The van der Waals surface area contributed by atoms with Gasteiger partial charge in [0.05, 0.1) is 25.6 Å². The van der Waals surface area contributed by atoms with Crippen LogP contribution in [0.25, 0.3) is 6.20 Å². The molecule has 2 aromatic rings. The molecule has 0 N–H and O–H groups in total. The van der Waals surface area contributed by atoms with E-state index in [0.717, 1.165) is 5.56 Å². The highest BCUT2D eigenvalue weighted by Crippen LogP contribution is 2.35. The zero-order chi connectivity index (χ0) is 15.5. The lowest BCUT2D eigenvalue weighted by molar-refractivity contribution is 0.0330. The highest BCUT2D eigenvalue weighted by atomic mass is 35.5. The SMILES string of the molecule is COC(=O)c1cnn2c1C(OCc1ccccc1)CC(Cl)=C2. The van der Waals surface area contributed by atoms with Crippen LogP contribution in [-0.4, -0.2) is 22.9 Å². The molecule has 5 nitrogen and oxygen atoms in total. The summed E-state index contributed by atoms with van der Waals surface area (Å²) in [6.45, 7) is 0.432. The molecule has 1 aliphatic heterocycles. The minimum Gasteiger partial charge on any atom is -0.465 e. The molecule has 114 valence electrons. The van der Waals surface area contributed by atoms with Crippen LogP contribution in [0.3, 0.4) is 0 Å². The van der Waals surface area contributed by atoms with E-state index in [1.165, 1.54) is 13.3 Å².